The lowest BCUT2D eigenvalue weighted by molar-refractivity contribution is 0.0999. The zero-order valence-electron chi connectivity index (χ0n) is 14.3. The van der Waals surface area contributed by atoms with Gasteiger partial charge in [-0.25, -0.2) is 8.42 Å². The van der Waals surface area contributed by atoms with E-state index in [0.717, 1.165) is 0 Å². The summed E-state index contributed by atoms with van der Waals surface area (Å²) in [5.74, 6) is -1.14. The Bertz CT molecular complexity index is 959. The summed E-state index contributed by atoms with van der Waals surface area (Å²) >= 11 is 0. The minimum absolute atomic E-state index is 0.284. The first-order valence-corrected chi connectivity index (χ1v) is 9.35. The Balaban J connectivity index is 0.000000199. The summed E-state index contributed by atoms with van der Waals surface area (Å²) in [5, 5.41) is 0. The Morgan fingerprint density at radius 3 is 1.30 bits per heavy atom. The van der Waals surface area contributed by atoms with Crippen molar-refractivity contribution >= 4 is 21.7 Å². The van der Waals surface area contributed by atoms with Gasteiger partial charge in [0.05, 0.1) is 9.79 Å². The normalized spacial score (nSPS) is 10.4. The minimum Gasteiger partial charge on any atom is -0.366 e. The average Bonchev–Trinajstić information content (AvgIpc) is 2.70. The van der Waals surface area contributed by atoms with Gasteiger partial charge in [-0.2, -0.15) is 0 Å². The minimum atomic E-state index is -3.34. The number of nitrogens with two attached hydrogens (primary N) is 2. The molecule has 3 aromatic rings. The summed E-state index contributed by atoms with van der Waals surface area (Å²) in [5.41, 5.74) is 10.6. The molecule has 0 unspecified atom stereocenters. The maximum Gasteiger partial charge on any atom is 0.248 e. The van der Waals surface area contributed by atoms with E-state index < -0.39 is 21.7 Å². The molecule has 0 aliphatic heterocycles. The summed E-state index contributed by atoms with van der Waals surface area (Å²) in [4.78, 5) is 22.0. The van der Waals surface area contributed by atoms with Crippen molar-refractivity contribution in [1.29, 1.82) is 0 Å². The summed E-state index contributed by atoms with van der Waals surface area (Å²) in [6.45, 7) is 0. The first kappa shape index (κ1) is 19.9. The van der Waals surface area contributed by atoms with Crippen LogP contribution in [0.3, 0.4) is 0 Å². The van der Waals surface area contributed by atoms with Crippen LogP contribution in [0.2, 0.25) is 0 Å². The quantitative estimate of drug-likeness (QED) is 0.720. The van der Waals surface area contributed by atoms with Crippen LogP contribution in [0.5, 0.6) is 0 Å². The van der Waals surface area contributed by atoms with Gasteiger partial charge < -0.3 is 11.5 Å². The molecule has 3 rings (SSSR count). The van der Waals surface area contributed by atoms with Gasteiger partial charge in [0.1, 0.15) is 0 Å². The van der Waals surface area contributed by atoms with Crippen LogP contribution in [0, 0.1) is 0 Å². The predicted molar refractivity (Wildman–Crippen MR) is 102 cm³/mol. The molecule has 138 valence electrons. The van der Waals surface area contributed by atoms with E-state index in [-0.39, 0.29) is 11.1 Å². The van der Waals surface area contributed by atoms with E-state index in [9.17, 15) is 18.0 Å². The summed E-state index contributed by atoms with van der Waals surface area (Å²) in [6.07, 6.45) is 0. The second-order valence-corrected chi connectivity index (χ2v) is 7.39. The van der Waals surface area contributed by atoms with Gasteiger partial charge in [0.15, 0.2) is 0 Å². The number of rotatable bonds is 4. The Hall–Kier alpha value is -3.45. The van der Waals surface area contributed by atoms with Crippen molar-refractivity contribution in [2.75, 3.05) is 0 Å². The number of benzene rings is 3. The molecular weight excluding hydrogens is 364 g/mol. The van der Waals surface area contributed by atoms with Gasteiger partial charge in [-0.3, -0.25) is 9.59 Å². The van der Waals surface area contributed by atoms with Gasteiger partial charge in [0.2, 0.25) is 21.7 Å². The molecule has 0 saturated heterocycles. The zero-order valence-corrected chi connectivity index (χ0v) is 15.1. The average molecular weight is 382 g/mol. The van der Waals surface area contributed by atoms with Crippen molar-refractivity contribution in [2.45, 2.75) is 9.79 Å². The van der Waals surface area contributed by atoms with Gasteiger partial charge >= 0.3 is 0 Å². The van der Waals surface area contributed by atoms with Crippen molar-refractivity contribution in [3.05, 3.63) is 96.1 Å². The molecule has 27 heavy (non-hydrogen) atoms. The largest absolute Gasteiger partial charge is 0.366 e. The maximum atomic E-state index is 12.0. The van der Waals surface area contributed by atoms with E-state index in [2.05, 4.69) is 0 Å². The number of carbonyl (C=O) groups is 2. The van der Waals surface area contributed by atoms with E-state index in [4.69, 9.17) is 11.5 Å². The summed E-state index contributed by atoms with van der Waals surface area (Å²) < 4.78 is 24.1. The monoisotopic (exact) mass is 382 g/mol. The highest BCUT2D eigenvalue weighted by molar-refractivity contribution is 7.91. The zero-order chi connectivity index (χ0) is 19.9. The second kappa shape index (κ2) is 8.77. The highest BCUT2D eigenvalue weighted by Gasteiger charge is 2.15. The highest BCUT2D eigenvalue weighted by atomic mass is 32.2. The van der Waals surface area contributed by atoms with Crippen molar-refractivity contribution < 1.29 is 18.0 Å². The van der Waals surface area contributed by atoms with Crippen LogP contribution < -0.4 is 11.5 Å². The molecule has 7 heteroatoms. The van der Waals surface area contributed by atoms with Crippen LogP contribution in [0.25, 0.3) is 0 Å². The van der Waals surface area contributed by atoms with Crippen molar-refractivity contribution in [2.24, 2.45) is 11.5 Å². The van der Waals surface area contributed by atoms with E-state index in [1.54, 1.807) is 66.7 Å². The van der Waals surface area contributed by atoms with E-state index in [0.29, 0.717) is 9.79 Å². The molecule has 3 aromatic carbocycles. The molecular formula is C20H18N2O4S. The first-order valence-electron chi connectivity index (χ1n) is 7.87. The van der Waals surface area contributed by atoms with Gasteiger partial charge in [0, 0.05) is 11.1 Å². The highest BCUT2D eigenvalue weighted by Crippen LogP contribution is 2.19. The van der Waals surface area contributed by atoms with E-state index in [1.807, 2.05) is 0 Å². The molecule has 0 radical (unpaired) electrons. The number of primary amides is 2. The molecule has 0 bridgehead atoms. The molecule has 0 fully saturated rings. The van der Waals surface area contributed by atoms with E-state index >= 15 is 0 Å². The Morgan fingerprint density at radius 2 is 0.963 bits per heavy atom. The smallest absolute Gasteiger partial charge is 0.248 e. The molecule has 0 saturated carbocycles. The SMILES string of the molecule is NC(=O)c1cccc(C(N)=O)c1.O=S(=O)(c1ccccc1)c1ccccc1. The van der Waals surface area contributed by atoms with Crippen LogP contribution in [0.4, 0.5) is 0 Å². The third-order valence-electron chi connectivity index (χ3n) is 3.54. The standard InChI is InChI=1S/C12H10O2S.C8H8N2O2/c13-15(14,11-7-3-1-4-8-11)12-9-5-2-6-10-12;9-7(11)5-2-1-3-6(4-5)8(10)12/h1-10H;1-4H,(H2,9,11)(H2,10,12). The Kier molecular flexibility index (Phi) is 6.46. The lowest BCUT2D eigenvalue weighted by Gasteiger charge is -2.03. The molecule has 0 atom stereocenters. The van der Waals surface area contributed by atoms with Crippen molar-refractivity contribution in [1.82, 2.24) is 0 Å². The summed E-state index contributed by atoms with van der Waals surface area (Å²) in [7, 11) is -3.34. The van der Waals surface area contributed by atoms with Gasteiger partial charge in [-0.15, -0.1) is 0 Å². The van der Waals surface area contributed by atoms with Crippen LogP contribution in [0.15, 0.2) is 94.7 Å². The second-order valence-electron chi connectivity index (χ2n) is 5.44. The fraction of sp³-hybridized carbons (Fsp3) is 0. The fourth-order valence-electron chi connectivity index (χ4n) is 2.16. The lowest BCUT2D eigenvalue weighted by Crippen LogP contribution is -2.14. The van der Waals surface area contributed by atoms with Crippen LogP contribution in [-0.2, 0) is 9.84 Å². The molecule has 0 aliphatic rings. The topological polar surface area (TPSA) is 120 Å². The van der Waals surface area contributed by atoms with Crippen LogP contribution >= 0.6 is 0 Å². The van der Waals surface area contributed by atoms with Gasteiger partial charge in [0.25, 0.3) is 0 Å². The number of sulfone groups is 1. The van der Waals surface area contributed by atoms with Crippen LogP contribution in [-0.4, -0.2) is 20.2 Å². The maximum absolute atomic E-state index is 12.0. The van der Waals surface area contributed by atoms with Crippen LogP contribution in [0.1, 0.15) is 20.7 Å². The summed E-state index contributed by atoms with van der Waals surface area (Å²) in [6, 6.07) is 22.8. The Morgan fingerprint density at radius 1 is 0.593 bits per heavy atom. The first-order chi connectivity index (χ1) is 12.8. The molecule has 0 aromatic heterocycles. The number of hydrogen-bond acceptors (Lipinski definition) is 4. The predicted octanol–water partition coefficient (Wildman–Crippen LogP) is 2.40. The number of amides is 2. The fourth-order valence-corrected chi connectivity index (χ4v) is 3.46. The molecule has 0 aliphatic carbocycles. The van der Waals surface area contributed by atoms with Crippen molar-refractivity contribution in [3.63, 3.8) is 0 Å². The lowest BCUT2D eigenvalue weighted by atomic mass is 10.1. The van der Waals surface area contributed by atoms with Gasteiger partial charge in [-0.05, 0) is 42.5 Å². The molecule has 4 N–H and O–H groups in total. The van der Waals surface area contributed by atoms with E-state index in [1.165, 1.54) is 18.2 Å². The molecule has 6 nitrogen and oxygen atoms in total. The molecule has 0 heterocycles. The third kappa shape index (κ3) is 5.26. The van der Waals surface area contributed by atoms with Crippen molar-refractivity contribution in [3.8, 4) is 0 Å². The Labute approximate surface area is 157 Å². The third-order valence-corrected chi connectivity index (χ3v) is 5.32. The van der Waals surface area contributed by atoms with Gasteiger partial charge in [-0.1, -0.05) is 42.5 Å². The number of carbonyl (C=O) groups excluding carboxylic acids is 2. The molecule has 2 amide bonds. The number of hydrogen-bond donors (Lipinski definition) is 2. The molecule has 0 spiro atoms.